The van der Waals surface area contributed by atoms with E-state index in [4.69, 9.17) is 5.26 Å². The van der Waals surface area contributed by atoms with Crippen molar-refractivity contribution in [2.24, 2.45) is 0 Å². The molecule has 0 fully saturated rings. The van der Waals surface area contributed by atoms with Crippen molar-refractivity contribution in [2.75, 3.05) is 0 Å². The number of Topliss-reactive ketones (excluding diaryl/α,β-unsaturated/α-hetero) is 1. The van der Waals surface area contributed by atoms with Crippen LogP contribution >= 0.6 is 0 Å². The molecule has 1 aromatic carbocycles. The van der Waals surface area contributed by atoms with Crippen LogP contribution in [0.3, 0.4) is 0 Å². The quantitative estimate of drug-likeness (QED) is 0.639. The lowest BCUT2D eigenvalue weighted by molar-refractivity contribution is -0.113. The molecule has 1 atom stereocenters. The molecule has 132 valence electrons. The number of ketones is 1. The fourth-order valence-corrected chi connectivity index (χ4v) is 3.16. The average molecular weight is 346 g/mol. The molecule has 0 aliphatic heterocycles. The molecule has 4 heteroatoms. The Morgan fingerprint density at radius 1 is 1.27 bits per heavy atom. The molecule has 0 bridgehead atoms. The van der Waals surface area contributed by atoms with Crippen LogP contribution in [-0.2, 0) is 4.79 Å². The molecule has 26 heavy (non-hydrogen) atoms. The van der Waals surface area contributed by atoms with E-state index < -0.39 is 5.92 Å². The normalized spacial score (nSPS) is 12.7. The first-order valence-corrected chi connectivity index (χ1v) is 8.30. The van der Waals surface area contributed by atoms with Crippen LogP contribution in [0.25, 0.3) is 0 Å². The third kappa shape index (κ3) is 3.73. The van der Waals surface area contributed by atoms with Crippen LogP contribution in [0.2, 0.25) is 0 Å². The first-order chi connectivity index (χ1) is 12.3. The second kappa shape index (κ2) is 7.79. The zero-order valence-electron chi connectivity index (χ0n) is 15.5. The largest absolute Gasteiger partial charge is 0.493 e. The Morgan fingerprint density at radius 2 is 1.96 bits per heavy atom. The van der Waals surface area contributed by atoms with E-state index in [-0.39, 0.29) is 11.7 Å². The molecule has 1 aromatic heterocycles. The van der Waals surface area contributed by atoms with Crippen LogP contribution in [-0.4, -0.2) is 15.9 Å². The van der Waals surface area contributed by atoms with Crippen LogP contribution in [0.1, 0.15) is 47.6 Å². The van der Waals surface area contributed by atoms with Gasteiger partial charge in [-0.15, -0.1) is 0 Å². The predicted octanol–water partition coefficient (Wildman–Crippen LogP) is 4.50. The molecule has 1 heterocycles. The van der Waals surface area contributed by atoms with Crippen molar-refractivity contribution in [3.05, 3.63) is 82.1 Å². The summed E-state index contributed by atoms with van der Waals surface area (Å²) in [6.45, 7) is 10.9. The minimum Gasteiger partial charge on any atom is -0.493 e. The van der Waals surface area contributed by atoms with E-state index in [1.54, 1.807) is 24.4 Å². The van der Waals surface area contributed by atoms with E-state index in [1.807, 2.05) is 32.9 Å². The zero-order chi connectivity index (χ0) is 19.4. The summed E-state index contributed by atoms with van der Waals surface area (Å²) in [6, 6.07) is 9.29. The fourth-order valence-electron chi connectivity index (χ4n) is 3.16. The molecule has 0 spiro atoms. The summed E-state index contributed by atoms with van der Waals surface area (Å²) in [6.07, 6.45) is 3.22. The second-order valence-electron chi connectivity index (χ2n) is 6.40. The van der Waals surface area contributed by atoms with Gasteiger partial charge < -0.3 is 5.11 Å². The van der Waals surface area contributed by atoms with Gasteiger partial charge in [0.05, 0.1) is 11.6 Å². The lowest BCUT2D eigenvalue weighted by Gasteiger charge is -2.24. The highest BCUT2D eigenvalue weighted by Gasteiger charge is 2.28. The van der Waals surface area contributed by atoms with Crippen molar-refractivity contribution in [1.29, 1.82) is 5.26 Å². The molecule has 4 nitrogen and oxygen atoms in total. The molecule has 0 amide bonds. The minimum atomic E-state index is -0.495. The molecule has 2 aromatic rings. The third-order valence-corrected chi connectivity index (χ3v) is 4.45. The van der Waals surface area contributed by atoms with Crippen molar-refractivity contribution in [3.8, 4) is 11.9 Å². The summed E-state index contributed by atoms with van der Waals surface area (Å²) in [5.41, 5.74) is 4.99. The van der Waals surface area contributed by atoms with Gasteiger partial charge >= 0.3 is 0 Å². The van der Waals surface area contributed by atoms with Crippen LogP contribution < -0.4 is 0 Å². The van der Waals surface area contributed by atoms with Crippen LogP contribution in [0, 0.1) is 25.2 Å². The molecule has 0 aliphatic rings. The highest BCUT2D eigenvalue weighted by molar-refractivity contribution is 5.97. The molecule has 0 saturated carbocycles. The van der Waals surface area contributed by atoms with Crippen molar-refractivity contribution in [2.45, 2.75) is 33.6 Å². The highest BCUT2D eigenvalue weighted by atomic mass is 16.3. The maximum absolute atomic E-state index is 12.5. The van der Waals surface area contributed by atoms with Gasteiger partial charge in [0.2, 0.25) is 5.88 Å². The molecule has 0 radical (unpaired) electrons. The number of nitriles is 1. The number of aromatic nitrogens is 1. The fraction of sp³-hybridized carbons (Fsp3) is 0.227. The second-order valence-corrected chi connectivity index (χ2v) is 6.40. The van der Waals surface area contributed by atoms with Crippen LogP contribution in [0.4, 0.5) is 0 Å². The Kier molecular flexibility index (Phi) is 5.74. The van der Waals surface area contributed by atoms with Gasteiger partial charge in [0, 0.05) is 23.3 Å². The van der Waals surface area contributed by atoms with Gasteiger partial charge in [-0.05, 0) is 68.2 Å². The van der Waals surface area contributed by atoms with Crippen molar-refractivity contribution >= 4 is 5.78 Å². The van der Waals surface area contributed by atoms with Crippen molar-refractivity contribution in [1.82, 2.24) is 4.98 Å². The zero-order valence-corrected chi connectivity index (χ0v) is 15.5. The number of aromatic hydroxyl groups is 1. The van der Waals surface area contributed by atoms with E-state index in [9.17, 15) is 9.90 Å². The molecule has 1 N–H and O–H groups in total. The first kappa shape index (κ1) is 19.1. The molecule has 1 unspecified atom stereocenters. The third-order valence-electron chi connectivity index (χ3n) is 4.45. The number of carbonyl (C=O) groups is 1. The van der Waals surface area contributed by atoms with Gasteiger partial charge in [-0.2, -0.15) is 5.26 Å². The smallest absolute Gasteiger partial charge is 0.215 e. The Bertz CT molecular complexity index is 949. The van der Waals surface area contributed by atoms with Gasteiger partial charge in [-0.1, -0.05) is 18.7 Å². The summed E-state index contributed by atoms with van der Waals surface area (Å²) >= 11 is 0. The highest BCUT2D eigenvalue weighted by Crippen LogP contribution is 2.39. The standard InChI is InChI=1S/C22H22N2O2/c1-6-14(3)20(16(5)25)21(19-9-13(2)12-24-22(19)26)18-8-7-17(11-23)10-15(18)4/h6-10,12,21H,1H2,2-5H3,(H,24,26)/b20-14-. The molecular formula is C22H22N2O2. The van der Waals surface area contributed by atoms with E-state index in [1.165, 1.54) is 6.92 Å². The summed E-state index contributed by atoms with van der Waals surface area (Å²) in [5, 5.41) is 19.6. The summed E-state index contributed by atoms with van der Waals surface area (Å²) in [5.74, 6) is -0.706. The lowest BCUT2D eigenvalue weighted by atomic mass is 9.79. The number of pyridine rings is 1. The van der Waals surface area contributed by atoms with Gasteiger partial charge in [-0.3, -0.25) is 4.79 Å². The number of hydrogen-bond donors (Lipinski definition) is 1. The van der Waals surface area contributed by atoms with E-state index >= 15 is 0 Å². The van der Waals surface area contributed by atoms with Crippen molar-refractivity contribution < 1.29 is 9.90 Å². The van der Waals surface area contributed by atoms with Crippen molar-refractivity contribution in [3.63, 3.8) is 0 Å². The summed E-state index contributed by atoms with van der Waals surface area (Å²) in [4.78, 5) is 16.6. The van der Waals surface area contributed by atoms with Gasteiger partial charge in [0.15, 0.2) is 5.78 Å². The summed E-state index contributed by atoms with van der Waals surface area (Å²) in [7, 11) is 0. The Balaban J connectivity index is 2.87. The van der Waals surface area contributed by atoms with E-state index in [2.05, 4.69) is 17.6 Å². The lowest BCUT2D eigenvalue weighted by Crippen LogP contribution is -2.15. The predicted molar refractivity (Wildman–Crippen MR) is 102 cm³/mol. The number of allylic oxidation sites excluding steroid dienone is 3. The number of rotatable bonds is 5. The Labute approximate surface area is 154 Å². The van der Waals surface area contributed by atoms with Gasteiger partial charge in [-0.25, -0.2) is 4.98 Å². The number of hydrogen-bond acceptors (Lipinski definition) is 4. The SMILES string of the molecule is C=C/C(C)=C(/C(C)=O)C(c1ccc(C#N)cc1C)c1cc(C)cnc1O. The molecule has 0 saturated heterocycles. The van der Waals surface area contributed by atoms with E-state index in [0.29, 0.717) is 16.7 Å². The average Bonchev–Trinajstić information content (AvgIpc) is 2.61. The number of aryl methyl sites for hydroxylation is 2. The molecule has 2 rings (SSSR count). The monoisotopic (exact) mass is 346 g/mol. The van der Waals surface area contributed by atoms with E-state index in [0.717, 1.165) is 22.3 Å². The van der Waals surface area contributed by atoms with Crippen LogP contribution in [0.5, 0.6) is 5.88 Å². The maximum Gasteiger partial charge on any atom is 0.215 e. The molecule has 0 aliphatic carbocycles. The minimum absolute atomic E-state index is 0.0999. The van der Waals surface area contributed by atoms with Gasteiger partial charge in [0.25, 0.3) is 0 Å². The van der Waals surface area contributed by atoms with Gasteiger partial charge in [0.1, 0.15) is 0 Å². The molecular weight excluding hydrogens is 324 g/mol. The maximum atomic E-state index is 12.5. The number of benzene rings is 1. The van der Waals surface area contributed by atoms with Crippen LogP contribution in [0.15, 0.2) is 54.3 Å². The Hall–Kier alpha value is -3.19. The number of nitrogens with zero attached hydrogens (tertiary/aromatic N) is 2. The summed E-state index contributed by atoms with van der Waals surface area (Å²) < 4.78 is 0. The topological polar surface area (TPSA) is 74.0 Å². The first-order valence-electron chi connectivity index (χ1n) is 8.30. The number of carbonyl (C=O) groups excluding carboxylic acids is 1. The Morgan fingerprint density at radius 3 is 2.50 bits per heavy atom.